The van der Waals surface area contributed by atoms with Crippen molar-refractivity contribution in [3.8, 4) is 6.07 Å². The molecule has 1 aliphatic rings. The third kappa shape index (κ3) is 3.22. The highest BCUT2D eigenvalue weighted by molar-refractivity contribution is 5.89. The summed E-state index contributed by atoms with van der Waals surface area (Å²) in [5.41, 5.74) is 0.182. The van der Waals surface area contributed by atoms with E-state index >= 15 is 0 Å². The SMILES string of the molecule is CC(C)(C)n1cc(C#N)cc1NC(=O)N1CCC(C(=O)O)C1. The van der Waals surface area contributed by atoms with Crippen molar-refractivity contribution in [1.29, 1.82) is 5.26 Å². The second-order valence-electron chi connectivity index (χ2n) is 6.47. The zero-order valence-electron chi connectivity index (χ0n) is 13.0. The molecule has 2 heterocycles. The molecule has 1 saturated heterocycles. The van der Waals surface area contributed by atoms with Crippen molar-refractivity contribution >= 4 is 17.8 Å². The zero-order chi connectivity index (χ0) is 16.5. The topological polar surface area (TPSA) is 98.4 Å². The van der Waals surface area contributed by atoms with Gasteiger partial charge in [0.15, 0.2) is 0 Å². The minimum Gasteiger partial charge on any atom is -0.481 e. The summed E-state index contributed by atoms with van der Waals surface area (Å²) in [7, 11) is 0. The predicted octanol–water partition coefficient (Wildman–Crippen LogP) is 2.05. The van der Waals surface area contributed by atoms with Crippen LogP contribution in [0.3, 0.4) is 0 Å². The lowest BCUT2D eigenvalue weighted by Crippen LogP contribution is -2.35. The van der Waals surface area contributed by atoms with Gasteiger partial charge < -0.3 is 14.6 Å². The maximum atomic E-state index is 12.3. The molecule has 0 spiro atoms. The van der Waals surface area contributed by atoms with Gasteiger partial charge in [-0.15, -0.1) is 0 Å². The van der Waals surface area contributed by atoms with Gasteiger partial charge in [0.25, 0.3) is 0 Å². The monoisotopic (exact) mass is 304 g/mol. The molecule has 7 heteroatoms. The molecule has 1 atom stereocenters. The summed E-state index contributed by atoms with van der Waals surface area (Å²) in [5.74, 6) is -0.845. The van der Waals surface area contributed by atoms with Crippen LogP contribution < -0.4 is 5.32 Å². The number of carboxylic acids is 1. The first-order chi connectivity index (χ1) is 10.2. The van der Waals surface area contributed by atoms with Gasteiger partial charge in [0.2, 0.25) is 0 Å². The molecule has 0 saturated carbocycles. The zero-order valence-corrected chi connectivity index (χ0v) is 13.0. The first kappa shape index (κ1) is 15.9. The molecular formula is C15H20N4O3. The van der Waals surface area contributed by atoms with Crippen molar-refractivity contribution in [3.05, 3.63) is 17.8 Å². The Morgan fingerprint density at radius 2 is 2.14 bits per heavy atom. The first-order valence-electron chi connectivity index (χ1n) is 7.14. The minimum absolute atomic E-state index is 0.211. The number of anilines is 1. The number of likely N-dealkylation sites (tertiary alicyclic amines) is 1. The highest BCUT2D eigenvalue weighted by Crippen LogP contribution is 2.25. The lowest BCUT2D eigenvalue weighted by atomic mass is 10.1. The van der Waals surface area contributed by atoms with Crippen molar-refractivity contribution in [2.24, 2.45) is 5.92 Å². The smallest absolute Gasteiger partial charge is 0.322 e. The van der Waals surface area contributed by atoms with Gasteiger partial charge in [0.05, 0.1) is 11.5 Å². The van der Waals surface area contributed by atoms with Crippen molar-refractivity contribution in [1.82, 2.24) is 9.47 Å². The Balaban J connectivity index is 2.14. The fraction of sp³-hybridized carbons (Fsp3) is 0.533. The van der Waals surface area contributed by atoms with Crippen molar-refractivity contribution in [3.63, 3.8) is 0 Å². The molecule has 1 unspecified atom stereocenters. The molecule has 0 bridgehead atoms. The molecule has 0 aliphatic carbocycles. The third-order valence-electron chi connectivity index (χ3n) is 3.73. The number of aromatic nitrogens is 1. The summed E-state index contributed by atoms with van der Waals surface area (Å²) >= 11 is 0. The van der Waals surface area contributed by atoms with Gasteiger partial charge in [-0.1, -0.05) is 0 Å². The minimum atomic E-state index is -0.875. The molecule has 0 radical (unpaired) electrons. The molecule has 118 valence electrons. The summed E-state index contributed by atoms with van der Waals surface area (Å²) in [6, 6.07) is 3.34. The second kappa shape index (κ2) is 5.72. The van der Waals surface area contributed by atoms with Crippen molar-refractivity contribution in [2.45, 2.75) is 32.7 Å². The number of hydrogen-bond acceptors (Lipinski definition) is 3. The van der Waals surface area contributed by atoms with E-state index in [1.807, 2.05) is 25.3 Å². The van der Waals surface area contributed by atoms with E-state index < -0.39 is 11.9 Å². The van der Waals surface area contributed by atoms with Crippen LogP contribution >= 0.6 is 0 Å². The third-order valence-corrected chi connectivity index (χ3v) is 3.73. The lowest BCUT2D eigenvalue weighted by molar-refractivity contribution is -0.141. The van der Waals surface area contributed by atoms with E-state index in [1.54, 1.807) is 12.3 Å². The van der Waals surface area contributed by atoms with Crippen molar-refractivity contribution in [2.75, 3.05) is 18.4 Å². The van der Waals surface area contributed by atoms with Crippen LogP contribution in [0.15, 0.2) is 12.3 Å². The molecule has 2 N–H and O–H groups in total. The first-order valence-corrected chi connectivity index (χ1v) is 7.14. The van der Waals surface area contributed by atoms with Crippen molar-refractivity contribution < 1.29 is 14.7 Å². The summed E-state index contributed by atoms with van der Waals surface area (Å²) < 4.78 is 1.83. The summed E-state index contributed by atoms with van der Waals surface area (Å²) in [6.45, 7) is 6.55. The number of nitrogens with zero attached hydrogens (tertiary/aromatic N) is 3. The molecule has 2 amide bonds. The van der Waals surface area contributed by atoms with Gasteiger partial charge in [-0.05, 0) is 33.3 Å². The van der Waals surface area contributed by atoms with Gasteiger partial charge in [0, 0.05) is 24.8 Å². The van der Waals surface area contributed by atoms with E-state index in [0.29, 0.717) is 24.3 Å². The van der Waals surface area contributed by atoms with E-state index in [1.165, 1.54) is 4.90 Å². The Labute approximate surface area is 129 Å². The largest absolute Gasteiger partial charge is 0.481 e. The van der Waals surface area contributed by atoms with Gasteiger partial charge in [-0.2, -0.15) is 5.26 Å². The normalized spacial score (nSPS) is 18.1. The van der Waals surface area contributed by atoms with E-state index in [-0.39, 0.29) is 18.1 Å². The molecular weight excluding hydrogens is 284 g/mol. The van der Waals surface area contributed by atoms with Gasteiger partial charge in [0.1, 0.15) is 11.9 Å². The molecule has 1 aliphatic heterocycles. The number of nitriles is 1. The number of carboxylic acid groups (broad SMARTS) is 1. The van der Waals surface area contributed by atoms with Crippen LogP contribution in [0.2, 0.25) is 0 Å². The average molecular weight is 304 g/mol. The highest BCUT2D eigenvalue weighted by Gasteiger charge is 2.31. The summed E-state index contributed by atoms with van der Waals surface area (Å²) in [4.78, 5) is 24.7. The average Bonchev–Trinajstić information content (AvgIpc) is 3.04. The number of amides is 2. The molecule has 1 aromatic rings. The maximum Gasteiger partial charge on any atom is 0.322 e. The number of rotatable bonds is 2. The Morgan fingerprint density at radius 1 is 1.45 bits per heavy atom. The second-order valence-corrected chi connectivity index (χ2v) is 6.47. The van der Waals surface area contributed by atoms with Crippen LogP contribution in [0, 0.1) is 17.2 Å². The summed E-state index contributed by atoms with van der Waals surface area (Å²) in [6.07, 6.45) is 2.16. The van der Waals surface area contributed by atoms with Crippen LogP contribution in [0.1, 0.15) is 32.8 Å². The van der Waals surface area contributed by atoms with E-state index in [0.717, 1.165) is 0 Å². The van der Waals surface area contributed by atoms with E-state index in [4.69, 9.17) is 10.4 Å². The Morgan fingerprint density at radius 3 is 2.64 bits per heavy atom. The van der Waals surface area contributed by atoms with Crippen LogP contribution in [0.4, 0.5) is 10.6 Å². The maximum absolute atomic E-state index is 12.3. The fourth-order valence-corrected chi connectivity index (χ4v) is 2.51. The molecule has 0 aromatic carbocycles. The fourth-order valence-electron chi connectivity index (χ4n) is 2.51. The Kier molecular flexibility index (Phi) is 4.13. The number of nitrogens with one attached hydrogen (secondary N) is 1. The van der Waals surface area contributed by atoms with E-state index in [9.17, 15) is 9.59 Å². The standard InChI is InChI=1S/C15H20N4O3/c1-15(2,3)19-8-10(7-16)6-12(19)17-14(22)18-5-4-11(9-18)13(20)21/h6,8,11H,4-5,9H2,1-3H3,(H,17,22)(H,20,21). The number of aliphatic carboxylic acids is 1. The van der Waals surface area contributed by atoms with Crippen LogP contribution in [-0.2, 0) is 10.3 Å². The molecule has 1 aromatic heterocycles. The predicted molar refractivity (Wildman–Crippen MR) is 80.5 cm³/mol. The quantitative estimate of drug-likeness (QED) is 0.873. The van der Waals surface area contributed by atoms with Crippen LogP contribution in [0.5, 0.6) is 0 Å². The van der Waals surface area contributed by atoms with E-state index in [2.05, 4.69) is 11.4 Å². The number of urea groups is 1. The molecule has 1 fully saturated rings. The Bertz CT molecular complexity index is 636. The molecule has 7 nitrogen and oxygen atoms in total. The number of carbonyl (C=O) groups excluding carboxylic acids is 1. The van der Waals surface area contributed by atoms with Crippen LogP contribution in [-0.4, -0.2) is 39.7 Å². The lowest BCUT2D eigenvalue weighted by Gasteiger charge is -2.25. The van der Waals surface area contributed by atoms with Gasteiger partial charge in [-0.3, -0.25) is 10.1 Å². The number of carbonyl (C=O) groups is 2. The van der Waals surface area contributed by atoms with Crippen LogP contribution in [0.25, 0.3) is 0 Å². The molecule has 2 rings (SSSR count). The summed E-state index contributed by atoms with van der Waals surface area (Å²) in [5, 5.41) is 20.8. The number of hydrogen-bond donors (Lipinski definition) is 2. The van der Waals surface area contributed by atoms with Gasteiger partial charge >= 0.3 is 12.0 Å². The van der Waals surface area contributed by atoms with Gasteiger partial charge in [-0.25, -0.2) is 4.79 Å². The highest BCUT2D eigenvalue weighted by atomic mass is 16.4. The molecule has 22 heavy (non-hydrogen) atoms. The Hall–Kier alpha value is -2.49.